The Morgan fingerprint density at radius 1 is 1.40 bits per heavy atom. The highest BCUT2D eigenvalue weighted by molar-refractivity contribution is 7.89. The van der Waals surface area contributed by atoms with E-state index in [1.165, 1.54) is 10.4 Å². The predicted octanol–water partition coefficient (Wildman–Crippen LogP) is 2.03. The zero-order valence-corrected chi connectivity index (χ0v) is 13.4. The van der Waals surface area contributed by atoms with Crippen LogP contribution in [0.2, 0.25) is 5.02 Å². The zero-order chi connectivity index (χ0) is 15.1. The van der Waals surface area contributed by atoms with Gasteiger partial charge in [0.15, 0.2) is 0 Å². The lowest BCUT2D eigenvalue weighted by Crippen LogP contribution is -2.50. The Morgan fingerprint density at radius 3 is 2.65 bits per heavy atom. The molecule has 7 heteroatoms. The van der Waals surface area contributed by atoms with Crippen LogP contribution in [0.15, 0.2) is 17.0 Å². The van der Waals surface area contributed by atoms with Crippen LogP contribution in [0.4, 0.5) is 5.69 Å². The maximum Gasteiger partial charge on any atom is 0.244 e. The molecule has 1 aromatic rings. The van der Waals surface area contributed by atoms with Gasteiger partial charge in [0.25, 0.3) is 0 Å². The number of anilines is 1. The van der Waals surface area contributed by atoms with E-state index >= 15 is 0 Å². The fourth-order valence-corrected chi connectivity index (χ4v) is 4.35. The number of sulfonamides is 1. The van der Waals surface area contributed by atoms with E-state index in [2.05, 4.69) is 0 Å². The van der Waals surface area contributed by atoms with E-state index in [0.717, 1.165) is 5.56 Å². The van der Waals surface area contributed by atoms with Crippen LogP contribution in [0.1, 0.15) is 19.4 Å². The van der Waals surface area contributed by atoms with E-state index in [0.29, 0.717) is 25.4 Å². The van der Waals surface area contributed by atoms with E-state index in [9.17, 15) is 8.42 Å². The second kappa shape index (κ2) is 5.18. The lowest BCUT2D eigenvalue weighted by molar-refractivity contribution is -0.0640. The molecule has 0 bridgehead atoms. The summed E-state index contributed by atoms with van der Waals surface area (Å²) in [5, 5.41) is 0.195. The Morgan fingerprint density at radius 2 is 2.05 bits per heavy atom. The molecule has 112 valence electrons. The first-order valence-electron chi connectivity index (χ1n) is 6.33. The minimum Gasteiger partial charge on any atom is -0.398 e. The van der Waals surface area contributed by atoms with Crippen LogP contribution in [0.3, 0.4) is 0 Å². The topological polar surface area (TPSA) is 72.6 Å². The Kier molecular flexibility index (Phi) is 4.03. The van der Waals surface area contributed by atoms with Crippen molar-refractivity contribution in [3.8, 4) is 0 Å². The molecule has 5 nitrogen and oxygen atoms in total. The third-order valence-electron chi connectivity index (χ3n) is 3.33. The maximum absolute atomic E-state index is 12.7. The molecule has 2 N–H and O–H groups in total. The molecule has 1 aliphatic heterocycles. The van der Waals surface area contributed by atoms with Gasteiger partial charge in [0.05, 0.1) is 17.2 Å². The van der Waals surface area contributed by atoms with Crippen LogP contribution in [0, 0.1) is 6.92 Å². The van der Waals surface area contributed by atoms with E-state index in [4.69, 9.17) is 22.1 Å². The van der Waals surface area contributed by atoms with Gasteiger partial charge in [0.1, 0.15) is 4.90 Å². The van der Waals surface area contributed by atoms with Crippen molar-refractivity contribution in [3.05, 3.63) is 22.7 Å². The standard InChI is InChI=1S/C13H19ClN2O3S/c1-9-6-10(14)12(7-11(9)15)20(17,18)16-4-5-19-13(2,3)8-16/h6-7H,4-5,8,15H2,1-3H3. The van der Waals surface area contributed by atoms with Crippen LogP contribution in [-0.2, 0) is 14.8 Å². The van der Waals surface area contributed by atoms with Crippen molar-refractivity contribution in [1.29, 1.82) is 0 Å². The molecule has 0 aliphatic carbocycles. The molecule has 1 aromatic carbocycles. The number of nitrogens with two attached hydrogens (primary N) is 1. The molecule has 2 rings (SSSR count). The molecular weight excluding hydrogens is 300 g/mol. The van der Waals surface area contributed by atoms with Gasteiger partial charge in [-0.3, -0.25) is 0 Å². The van der Waals surface area contributed by atoms with Crippen LogP contribution in [0.5, 0.6) is 0 Å². The van der Waals surface area contributed by atoms with Crippen molar-refractivity contribution >= 4 is 27.3 Å². The zero-order valence-electron chi connectivity index (χ0n) is 11.8. The van der Waals surface area contributed by atoms with Gasteiger partial charge in [-0.15, -0.1) is 0 Å². The molecule has 1 heterocycles. The molecule has 0 atom stereocenters. The van der Waals surface area contributed by atoms with Gasteiger partial charge in [-0.25, -0.2) is 8.42 Å². The molecule has 1 saturated heterocycles. The first kappa shape index (κ1) is 15.6. The number of halogens is 1. The van der Waals surface area contributed by atoms with Crippen LogP contribution >= 0.6 is 11.6 Å². The molecule has 1 fully saturated rings. The molecule has 0 amide bonds. The fourth-order valence-electron chi connectivity index (χ4n) is 2.18. The third-order valence-corrected chi connectivity index (χ3v) is 5.64. The van der Waals surface area contributed by atoms with E-state index in [1.54, 1.807) is 13.0 Å². The monoisotopic (exact) mass is 318 g/mol. The number of hydrogen-bond acceptors (Lipinski definition) is 4. The van der Waals surface area contributed by atoms with E-state index in [1.807, 2.05) is 13.8 Å². The van der Waals surface area contributed by atoms with Crippen LogP contribution < -0.4 is 5.73 Å². The van der Waals surface area contributed by atoms with Gasteiger partial charge in [-0.05, 0) is 38.5 Å². The molecule has 0 spiro atoms. The van der Waals surface area contributed by atoms with Crippen molar-refractivity contribution in [2.75, 3.05) is 25.4 Å². The van der Waals surface area contributed by atoms with Gasteiger partial charge in [0.2, 0.25) is 10.0 Å². The molecule has 0 unspecified atom stereocenters. The number of nitrogen functional groups attached to an aromatic ring is 1. The maximum atomic E-state index is 12.7. The highest BCUT2D eigenvalue weighted by atomic mass is 35.5. The summed E-state index contributed by atoms with van der Waals surface area (Å²) in [5.74, 6) is 0. The SMILES string of the molecule is Cc1cc(Cl)c(S(=O)(=O)N2CCOC(C)(C)C2)cc1N. The van der Waals surface area contributed by atoms with Crippen molar-refractivity contribution < 1.29 is 13.2 Å². The molecule has 20 heavy (non-hydrogen) atoms. The van der Waals surface area contributed by atoms with Gasteiger partial charge in [-0.1, -0.05) is 11.6 Å². The summed E-state index contributed by atoms with van der Waals surface area (Å²) >= 11 is 6.08. The highest BCUT2D eigenvalue weighted by Crippen LogP contribution is 2.31. The van der Waals surface area contributed by atoms with Crippen LogP contribution in [-0.4, -0.2) is 38.0 Å². The number of morpholine rings is 1. The molecule has 1 aliphatic rings. The summed E-state index contributed by atoms with van der Waals surface area (Å²) < 4.78 is 32.3. The lowest BCUT2D eigenvalue weighted by atomic mass is 10.1. The van der Waals surface area contributed by atoms with E-state index in [-0.39, 0.29) is 9.92 Å². The Hall–Kier alpha value is -0.820. The normalized spacial score (nSPS) is 20.0. The second-order valence-corrected chi connectivity index (χ2v) is 7.90. The summed E-state index contributed by atoms with van der Waals surface area (Å²) in [5.41, 5.74) is 6.47. The minimum absolute atomic E-state index is 0.0555. The first-order chi connectivity index (χ1) is 9.13. The van der Waals surface area contributed by atoms with E-state index < -0.39 is 15.6 Å². The Bertz CT molecular complexity index is 629. The fraction of sp³-hybridized carbons (Fsp3) is 0.538. The lowest BCUT2D eigenvalue weighted by Gasteiger charge is -2.37. The molecular formula is C13H19ClN2O3S. The Balaban J connectivity index is 2.43. The third kappa shape index (κ3) is 2.93. The quantitative estimate of drug-likeness (QED) is 0.847. The summed E-state index contributed by atoms with van der Waals surface area (Å²) in [6, 6.07) is 3.00. The smallest absolute Gasteiger partial charge is 0.244 e. The first-order valence-corrected chi connectivity index (χ1v) is 8.15. The number of nitrogens with zero attached hydrogens (tertiary/aromatic N) is 1. The Labute approximate surface area is 124 Å². The molecule has 0 aromatic heterocycles. The number of hydrogen-bond donors (Lipinski definition) is 1. The summed E-state index contributed by atoms with van der Waals surface area (Å²) in [6.07, 6.45) is 0. The number of rotatable bonds is 2. The summed E-state index contributed by atoms with van der Waals surface area (Å²) in [7, 11) is -3.66. The van der Waals surface area contributed by atoms with Crippen molar-refractivity contribution in [1.82, 2.24) is 4.31 Å². The van der Waals surface area contributed by atoms with Crippen molar-refractivity contribution in [2.45, 2.75) is 31.3 Å². The molecule has 0 saturated carbocycles. The van der Waals surface area contributed by atoms with Gasteiger partial charge in [0, 0.05) is 18.8 Å². The van der Waals surface area contributed by atoms with Gasteiger partial charge < -0.3 is 10.5 Å². The highest BCUT2D eigenvalue weighted by Gasteiger charge is 2.36. The summed E-state index contributed by atoms with van der Waals surface area (Å²) in [6.45, 7) is 6.48. The van der Waals surface area contributed by atoms with Gasteiger partial charge in [-0.2, -0.15) is 4.31 Å². The second-order valence-electron chi connectivity index (χ2n) is 5.59. The average Bonchev–Trinajstić information content (AvgIpc) is 2.32. The average molecular weight is 319 g/mol. The van der Waals surface area contributed by atoms with Crippen LogP contribution in [0.25, 0.3) is 0 Å². The minimum atomic E-state index is -3.66. The number of aryl methyl sites for hydroxylation is 1. The number of ether oxygens (including phenoxy) is 1. The van der Waals surface area contributed by atoms with Crippen molar-refractivity contribution in [2.24, 2.45) is 0 Å². The molecule has 0 radical (unpaired) electrons. The number of benzene rings is 1. The largest absolute Gasteiger partial charge is 0.398 e. The predicted molar refractivity (Wildman–Crippen MR) is 79.4 cm³/mol. The van der Waals surface area contributed by atoms with Crippen molar-refractivity contribution in [3.63, 3.8) is 0 Å². The summed E-state index contributed by atoms with van der Waals surface area (Å²) in [4.78, 5) is 0.0555. The van der Waals surface area contributed by atoms with Gasteiger partial charge >= 0.3 is 0 Å².